The second-order valence-corrected chi connectivity index (χ2v) is 6.97. The van der Waals surface area contributed by atoms with Gasteiger partial charge in [0.05, 0.1) is 24.8 Å². The number of hydrogen-bond donors (Lipinski definition) is 1. The van der Waals surface area contributed by atoms with E-state index in [1.54, 1.807) is 14.2 Å². The first-order chi connectivity index (χ1) is 12.5. The average molecular weight is 368 g/mol. The number of rotatable bonds is 4. The average Bonchev–Trinajstić information content (AvgIpc) is 2.92. The number of aryl methyl sites for hydroxylation is 2. The van der Waals surface area contributed by atoms with Crippen molar-refractivity contribution in [3.05, 3.63) is 58.0 Å². The Morgan fingerprint density at radius 2 is 1.69 bits per heavy atom. The van der Waals surface area contributed by atoms with Gasteiger partial charge in [-0.25, -0.2) is 4.99 Å². The number of carbonyl (C=O) groups is 1. The van der Waals surface area contributed by atoms with E-state index >= 15 is 0 Å². The number of carbonyl (C=O) groups excluding carboxylic acids is 1. The Kier molecular flexibility index (Phi) is 5.32. The van der Waals surface area contributed by atoms with Gasteiger partial charge in [-0.1, -0.05) is 12.1 Å². The van der Waals surface area contributed by atoms with Crippen LogP contribution in [-0.4, -0.2) is 25.3 Å². The molecule has 0 aromatic heterocycles. The molecule has 1 aliphatic heterocycles. The number of amides is 1. The SMILES string of the molecule is COc1ccc(C=C2SC(=Nc3cc(C)cc(C)c3)NC2=O)cc1OC. The summed E-state index contributed by atoms with van der Waals surface area (Å²) in [4.78, 5) is 17.4. The molecule has 134 valence electrons. The summed E-state index contributed by atoms with van der Waals surface area (Å²) in [6.45, 7) is 4.05. The molecular weight excluding hydrogens is 348 g/mol. The third-order valence-electron chi connectivity index (χ3n) is 3.79. The van der Waals surface area contributed by atoms with Crippen LogP contribution in [-0.2, 0) is 4.79 Å². The van der Waals surface area contributed by atoms with E-state index in [2.05, 4.69) is 16.4 Å². The van der Waals surface area contributed by atoms with E-state index in [1.807, 2.05) is 50.3 Å². The third-order valence-corrected chi connectivity index (χ3v) is 4.70. The first kappa shape index (κ1) is 18.1. The third kappa shape index (κ3) is 4.08. The van der Waals surface area contributed by atoms with Gasteiger partial charge in [0.25, 0.3) is 5.91 Å². The molecule has 1 N–H and O–H groups in total. The maximum Gasteiger partial charge on any atom is 0.264 e. The summed E-state index contributed by atoms with van der Waals surface area (Å²) in [6.07, 6.45) is 1.81. The van der Waals surface area contributed by atoms with Gasteiger partial charge in [0, 0.05) is 0 Å². The predicted octanol–water partition coefficient (Wildman–Crippen LogP) is 4.21. The van der Waals surface area contributed by atoms with Crippen LogP contribution in [0.1, 0.15) is 16.7 Å². The number of thioether (sulfide) groups is 1. The number of hydrogen-bond acceptors (Lipinski definition) is 5. The molecule has 1 saturated heterocycles. The number of aliphatic imine (C=N–C) groups is 1. The molecule has 0 radical (unpaired) electrons. The fraction of sp³-hybridized carbons (Fsp3) is 0.200. The largest absolute Gasteiger partial charge is 0.493 e. The first-order valence-electron chi connectivity index (χ1n) is 8.08. The highest BCUT2D eigenvalue weighted by Gasteiger charge is 2.24. The minimum Gasteiger partial charge on any atom is -0.493 e. The Bertz CT molecular complexity index is 899. The minimum atomic E-state index is -0.159. The van der Waals surface area contributed by atoms with Gasteiger partial charge in [0.2, 0.25) is 0 Å². The summed E-state index contributed by atoms with van der Waals surface area (Å²) in [5.41, 5.74) is 3.96. The van der Waals surface area contributed by atoms with Crippen LogP contribution in [0.15, 0.2) is 46.3 Å². The van der Waals surface area contributed by atoms with Crippen molar-refractivity contribution in [2.24, 2.45) is 4.99 Å². The van der Waals surface area contributed by atoms with Crippen LogP contribution in [0.5, 0.6) is 11.5 Å². The van der Waals surface area contributed by atoms with Gasteiger partial charge < -0.3 is 14.8 Å². The van der Waals surface area contributed by atoms with E-state index in [9.17, 15) is 4.79 Å². The number of methoxy groups -OCH3 is 2. The van der Waals surface area contributed by atoms with Crippen LogP contribution in [0.2, 0.25) is 0 Å². The van der Waals surface area contributed by atoms with Gasteiger partial charge in [-0.15, -0.1) is 0 Å². The van der Waals surface area contributed by atoms with Crippen molar-refractivity contribution in [1.82, 2.24) is 5.32 Å². The molecule has 0 atom stereocenters. The molecule has 0 spiro atoms. The lowest BCUT2D eigenvalue weighted by Gasteiger charge is -2.07. The summed E-state index contributed by atoms with van der Waals surface area (Å²) in [6, 6.07) is 11.6. The molecular formula is C20H20N2O3S. The van der Waals surface area contributed by atoms with E-state index in [4.69, 9.17) is 9.47 Å². The lowest BCUT2D eigenvalue weighted by molar-refractivity contribution is -0.115. The zero-order valence-electron chi connectivity index (χ0n) is 15.1. The Morgan fingerprint density at radius 3 is 2.35 bits per heavy atom. The molecule has 0 bridgehead atoms. The molecule has 1 fully saturated rings. The van der Waals surface area contributed by atoms with Crippen LogP contribution in [0.4, 0.5) is 5.69 Å². The molecule has 1 amide bonds. The highest BCUT2D eigenvalue weighted by Crippen LogP contribution is 2.32. The van der Waals surface area contributed by atoms with Gasteiger partial charge in [-0.05, 0) is 72.6 Å². The van der Waals surface area contributed by atoms with Crippen molar-refractivity contribution in [2.75, 3.05) is 14.2 Å². The molecule has 5 nitrogen and oxygen atoms in total. The first-order valence-corrected chi connectivity index (χ1v) is 8.90. The summed E-state index contributed by atoms with van der Waals surface area (Å²) in [7, 11) is 3.17. The van der Waals surface area contributed by atoms with E-state index in [1.165, 1.54) is 11.8 Å². The maximum absolute atomic E-state index is 12.3. The van der Waals surface area contributed by atoms with E-state index in [0.29, 0.717) is 21.6 Å². The van der Waals surface area contributed by atoms with Gasteiger partial charge in [-0.3, -0.25) is 4.79 Å². The molecule has 26 heavy (non-hydrogen) atoms. The van der Waals surface area contributed by atoms with Gasteiger partial charge in [0.15, 0.2) is 16.7 Å². The van der Waals surface area contributed by atoms with Crippen molar-refractivity contribution in [3.8, 4) is 11.5 Å². The number of amidine groups is 1. The van der Waals surface area contributed by atoms with E-state index in [-0.39, 0.29) is 5.91 Å². The summed E-state index contributed by atoms with van der Waals surface area (Å²) >= 11 is 1.32. The van der Waals surface area contributed by atoms with Crippen molar-refractivity contribution in [2.45, 2.75) is 13.8 Å². The smallest absolute Gasteiger partial charge is 0.264 e. The minimum absolute atomic E-state index is 0.159. The fourth-order valence-corrected chi connectivity index (χ4v) is 3.55. The molecule has 0 saturated carbocycles. The summed E-state index contributed by atoms with van der Waals surface area (Å²) in [5, 5.41) is 3.39. The molecule has 6 heteroatoms. The summed E-state index contributed by atoms with van der Waals surface area (Å²) in [5.74, 6) is 1.11. The van der Waals surface area contributed by atoms with Crippen molar-refractivity contribution in [1.29, 1.82) is 0 Å². The Hall–Kier alpha value is -2.73. The quantitative estimate of drug-likeness (QED) is 0.821. The Balaban J connectivity index is 1.85. The zero-order chi connectivity index (χ0) is 18.7. The van der Waals surface area contributed by atoms with Crippen LogP contribution in [0.25, 0.3) is 6.08 Å². The van der Waals surface area contributed by atoms with Crippen molar-refractivity contribution in [3.63, 3.8) is 0 Å². The molecule has 2 aromatic rings. The number of benzene rings is 2. The molecule has 0 aliphatic carbocycles. The normalized spacial score (nSPS) is 16.8. The second kappa shape index (κ2) is 7.66. The Labute approximate surface area is 157 Å². The predicted molar refractivity (Wildman–Crippen MR) is 106 cm³/mol. The second-order valence-electron chi connectivity index (χ2n) is 5.94. The molecule has 1 heterocycles. The monoisotopic (exact) mass is 368 g/mol. The zero-order valence-corrected chi connectivity index (χ0v) is 15.9. The van der Waals surface area contributed by atoms with E-state index < -0.39 is 0 Å². The van der Waals surface area contributed by atoms with Gasteiger partial charge in [0.1, 0.15) is 0 Å². The fourth-order valence-electron chi connectivity index (χ4n) is 2.71. The Morgan fingerprint density at radius 1 is 1.00 bits per heavy atom. The van der Waals surface area contributed by atoms with E-state index in [0.717, 1.165) is 22.4 Å². The number of ether oxygens (including phenoxy) is 2. The number of nitrogens with one attached hydrogen (secondary N) is 1. The molecule has 2 aromatic carbocycles. The standard InChI is InChI=1S/C20H20N2O3S/c1-12-7-13(2)9-15(8-12)21-20-22-19(23)18(26-20)11-14-5-6-16(24-3)17(10-14)25-4/h5-11H,1-4H3,(H,21,22,23). The van der Waals surface area contributed by atoms with Gasteiger partial charge >= 0.3 is 0 Å². The highest BCUT2D eigenvalue weighted by atomic mass is 32.2. The summed E-state index contributed by atoms with van der Waals surface area (Å²) < 4.78 is 10.5. The molecule has 1 aliphatic rings. The lowest BCUT2D eigenvalue weighted by Crippen LogP contribution is -2.19. The van der Waals surface area contributed by atoms with Crippen LogP contribution < -0.4 is 14.8 Å². The molecule has 0 unspecified atom stereocenters. The van der Waals surface area contributed by atoms with Crippen LogP contribution in [0, 0.1) is 13.8 Å². The lowest BCUT2D eigenvalue weighted by atomic mass is 10.1. The number of nitrogens with zero attached hydrogens (tertiary/aromatic N) is 1. The topological polar surface area (TPSA) is 59.9 Å². The van der Waals surface area contributed by atoms with Crippen molar-refractivity contribution >= 4 is 34.6 Å². The van der Waals surface area contributed by atoms with Crippen LogP contribution >= 0.6 is 11.8 Å². The molecule has 3 rings (SSSR count). The van der Waals surface area contributed by atoms with Crippen LogP contribution in [0.3, 0.4) is 0 Å². The highest BCUT2D eigenvalue weighted by molar-refractivity contribution is 8.18. The van der Waals surface area contributed by atoms with Crippen molar-refractivity contribution < 1.29 is 14.3 Å². The maximum atomic E-state index is 12.3. The van der Waals surface area contributed by atoms with Gasteiger partial charge in [-0.2, -0.15) is 0 Å².